The van der Waals surface area contributed by atoms with Gasteiger partial charge >= 0.3 is 0 Å². The number of hydrogen-bond donors (Lipinski definition) is 0. The summed E-state index contributed by atoms with van der Waals surface area (Å²) in [6, 6.07) is 9.52. The number of carbonyl (C=O) groups is 1. The van der Waals surface area contributed by atoms with E-state index in [0.717, 1.165) is 36.0 Å². The van der Waals surface area contributed by atoms with Crippen LogP contribution in [-0.4, -0.2) is 34.3 Å². The maximum absolute atomic E-state index is 12.7. The summed E-state index contributed by atoms with van der Waals surface area (Å²) in [6.45, 7) is 3.55. The minimum Gasteiger partial charge on any atom is -0.338 e. The molecular weight excluding hydrogens is 272 g/mol. The second-order valence-electron chi connectivity index (χ2n) is 5.41. The molecule has 104 valence electrons. The van der Waals surface area contributed by atoms with Crippen molar-refractivity contribution >= 4 is 28.4 Å². The van der Waals surface area contributed by atoms with Crippen molar-refractivity contribution in [2.45, 2.75) is 18.7 Å². The SMILES string of the molecule is CC1CN(C(=O)c2cccc3ncccc23)CCC1Cl. The number of pyridine rings is 1. The lowest BCUT2D eigenvalue weighted by atomic mass is 9.98. The molecule has 0 saturated carbocycles. The summed E-state index contributed by atoms with van der Waals surface area (Å²) in [5.74, 6) is 0.418. The van der Waals surface area contributed by atoms with Crippen LogP contribution in [0.4, 0.5) is 0 Å². The number of hydrogen-bond acceptors (Lipinski definition) is 2. The van der Waals surface area contributed by atoms with Crippen molar-refractivity contribution in [1.82, 2.24) is 9.88 Å². The van der Waals surface area contributed by atoms with E-state index in [2.05, 4.69) is 11.9 Å². The molecule has 1 fully saturated rings. The quantitative estimate of drug-likeness (QED) is 0.754. The van der Waals surface area contributed by atoms with Gasteiger partial charge in [0.05, 0.1) is 5.52 Å². The fraction of sp³-hybridized carbons (Fsp3) is 0.375. The average molecular weight is 289 g/mol. The Morgan fingerprint density at radius 1 is 1.35 bits per heavy atom. The summed E-state index contributed by atoms with van der Waals surface area (Å²) in [4.78, 5) is 18.9. The molecule has 2 atom stereocenters. The Bertz CT molecular complexity index is 638. The van der Waals surface area contributed by atoms with Crippen molar-refractivity contribution in [3.8, 4) is 0 Å². The molecule has 20 heavy (non-hydrogen) atoms. The van der Waals surface area contributed by atoms with E-state index in [9.17, 15) is 4.79 Å². The lowest BCUT2D eigenvalue weighted by Crippen LogP contribution is -2.43. The minimum absolute atomic E-state index is 0.0824. The first kappa shape index (κ1) is 13.4. The molecule has 2 unspecified atom stereocenters. The Morgan fingerprint density at radius 2 is 2.20 bits per heavy atom. The molecule has 1 aromatic carbocycles. The number of alkyl halides is 1. The van der Waals surface area contributed by atoms with Gasteiger partial charge in [0.25, 0.3) is 5.91 Å². The number of aromatic nitrogens is 1. The molecule has 1 amide bonds. The second kappa shape index (κ2) is 5.41. The molecule has 3 rings (SSSR count). The van der Waals surface area contributed by atoms with Gasteiger partial charge in [-0.15, -0.1) is 11.6 Å². The first-order chi connectivity index (χ1) is 9.66. The van der Waals surface area contributed by atoms with Crippen molar-refractivity contribution in [2.24, 2.45) is 5.92 Å². The van der Waals surface area contributed by atoms with Crippen molar-refractivity contribution in [2.75, 3.05) is 13.1 Å². The Kier molecular flexibility index (Phi) is 3.62. The predicted octanol–water partition coefficient (Wildman–Crippen LogP) is 3.32. The standard InChI is InChI=1S/C16H17ClN2O/c1-11-10-19(9-7-14(11)17)16(20)13-4-2-6-15-12(13)5-3-8-18-15/h2-6,8,11,14H,7,9-10H2,1H3. The Labute approximate surface area is 123 Å². The first-order valence-electron chi connectivity index (χ1n) is 6.94. The Balaban J connectivity index is 1.93. The maximum atomic E-state index is 12.7. The van der Waals surface area contributed by atoms with E-state index >= 15 is 0 Å². The molecule has 1 aliphatic heterocycles. The van der Waals surface area contributed by atoms with Crippen LogP contribution in [-0.2, 0) is 0 Å². The molecule has 2 heterocycles. The van der Waals surface area contributed by atoms with Crippen LogP contribution in [0.25, 0.3) is 10.9 Å². The fourth-order valence-corrected chi connectivity index (χ4v) is 2.94. The van der Waals surface area contributed by atoms with Gasteiger partial charge in [-0.1, -0.05) is 19.1 Å². The fourth-order valence-electron chi connectivity index (χ4n) is 2.76. The monoisotopic (exact) mass is 288 g/mol. The van der Waals surface area contributed by atoms with Crippen LogP contribution in [0.3, 0.4) is 0 Å². The van der Waals surface area contributed by atoms with E-state index < -0.39 is 0 Å². The lowest BCUT2D eigenvalue weighted by molar-refractivity contribution is 0.0689. The number of rotatable bonds is 1. The van der Waals surface area contributed by atoms with E-state index in [1.165, 1.54) is 0 Å². The number of benzene rings is 1. The van der Waals surface area contributed by atoms with Crippen LogP contribution in [0.15, 0.2) is 36.5 Å². The van der Waals surface area contributed by atoms with Crippen molar-refractivity contribution in [3.05, 3.63) is 42.1 Å². The van der Waals surface area contributed by atoms with Gasteiger partial charge in [-0.3, -0.25) is 9.78 Å². The largest absolute Gasteiger partial charge is 0.338 e. The van der Waals surface area contributed by atoms with Crippen molar-refractivity contribution in [1.29, 1.82) is 0 Å². The molecule has 1 aromatic heterocycles. The van der Waals surface area contributed by atoms with E-state index in [0.29, 0.717) is 5.92 Å². The zero-order chi connectivity index (χ0) is 14.1. The molecule has 2 aromatic rings. The highest BCUT2D eigenvalue weighted by Gasteiger charge is 2.28. The van der Waals surface area contributed by atoms with Crippen LogP contribution >= 0.6 is 11.6 Å². The van der Waals surface area contributed by atoms with Crippen LogP contribution in [0.5, 0.6) is 0 Å². The summed E-state index contributed by atoms with van der Waals surface area (Å²) in [5, 5.41) is 1.09. The summed E-state index contributed by atoms with van der Waals surface area (Å²) < 4.78 is 0. The Morgan fingerprint density at radius 3 is 3.00 bits per heavy atom. The lowest BCUT2D eigenvalue weighted by Gasteiger charge is -2.34. The van der Waals surface area contributed by atoms with Gasteiger partial charge in [-0.05, 0) is 30.5 Å². The van der Waals surface area contributed by atoms with Gasteiger partial charge in [0.1, 0.15) is 0 Å². The minimum atomic E-state index is 0.0824. The third-order valence-electron chi connectivity index (χ3n) is 3.96. The summed E-state index contributed by atoms with van der Waals surface area (Å²) >= 11 is 6.23. The van der Waals surface area contributed by atoms with E-state index in [4.69, 9.17) is 11.6 Å². The second-order valence-corrected chi connectivity index (χ2v) is 5.97. The molecule has 0 aliphatic carbocycles. The number of likely N-dealkylation sites (tertiary alicyclic amines) is 1. The third-order valence-corrected chi connectivity index (χ3v) is 4.61. The number of halogens is 1. The number of fused-ring (bicyclic) bond motifs is 1. The van der Waals surface area contributed by atoms with E-state index in [1.807, 2.05) is 35.2 Å². The molecule has 4 heteroatoms. The summed E-state index contributed by atoms with van der Waals surface area (Å²) in [6.07, 6.45) is 2.61. The van der Waals surface area contributed by atoms with Crippen LogP contribution in [0.2, 0.25) is 0 Å². The molecule has 0 bridgehead atoms. The molecule has 3 nitrogen and oxygen atoms in total. The van der Waals surface area contributed by atoms with Crippen LogP contribution in [0, 0.1) is 5.92 Å². The Hall–Kier alpha value is -1.61. The summed E-state index contributed by atoms with van der Waals surface area (Å²) in [5.41, 5.74) is 1.59. The van der Waals surface area contributed by atoms with Gasteiger partial charge in [-0.25, -0.2) is 0 Å². The predicted molar refractivity (Wildman–Crippen MR) is 81.1 cm³/mol. The highest BCUT2D eigenvalue weighted by Crippen LogP contribution is 2.25. The van der Waals surface area contributed by atoms with Crippen LogP contribution in [0.1, 0.15) is 23.7 Å². The number of carbonyl (C=O) groups excluding carboxylic acids is 1. The van der Waals surface area contributed by atoms with Gasteiger partial charge in [-0.2, -0.15) is 0 Å². The maximum Gasteiger partial charge on any atom is 0.254 e. The van der Waals surface area contributed by atoms with Gasteiger partial charge in [0, 0.05) is 35.6 Å². The third kappa shape index (κ3) is 2.38. The molecular formula is C16H17ClN2O. The molecule has 1 aliphatic rings. The van der Waals surface area contributed by atoms with Gasteiger partial charge < -0.3 is 4.90 Å². The highest BCUT2D eigenvalue weighted by molar-refractivity contribution is 6.21. The van der Waals surface area contributed by atoms with E-state index in [-0.39, 0.29) is 11.3 Å². The number of amides is 1. The smallest absolute Gasteiger partial charge is 0.254 e. The zero-order valence-corrected chi connectivity index (χ0v) is 12.2. The normalized spacial score (nSPS) is 23.0. The molecule has 0 spiro atoms. The van der Waals surface area contributed by atoms with Crippen LogP contribution < -0.4 is 0 Å². The molecule has 0 radical (unpaired) electrons. The zero-order valence-electron chi connectivity index (χ0n) is 11.4. The van der Waals surface area contributed by atoms with Crippen molar-refractivity contribution in [3.63, 3.8) is 0 Å². The number of nitrogens with zero attached hydrogens (tertiary/aromatic N) is 2. The topological polar surface area (TPSA) is 33.2 Å². The molecule has 0 N–H and O–H groups in total. The average Bonchev–Trinajstić information content (AvgIpc) is 2.49. The first-order valence-corrected chi connectivity index (χ1v) is 7.37. The molecule has 1 saturated heterocycles. The van der Waals surface area contributed by atoms with E-state index in [1.54, 1.807) is 6.20 Å². The van der Waals surface area contributed by atoms with Gasteiger partial charge in [0.15, 0.2) is 0 Å². The number of piperidine rings is 1. The summed E-state index contributed by atoms with van der Waals surface area (Å²) in [7, 11) is 0. The van der Waals surface area contributed by atoms with Crippen molar-refractivity contribution < 1.29 is 4.79 Å². The highest BCUT2D eigenvalue weighted by atomic mass is 35.5. The van der Waals surface area contributed by atoms with Gasteiger partial charge in [0.2, 0.25) is 0 Å².